The van der Waals surface area contributed by atoms with Crippen LogP contribution in [-0.2, 0) is 12.8 Å². The van der Waals surface area contributed by atoms with E-state index < -0.39 is 0 Å². The number of carbonyl (C=O) groups is 1. The first-order valence-electron chi connectivity index (χ1n) is 10.2. The zero-order valence-corrected chi connectivity index (χ0v) is 17.3. The van der Waals surface area contributed by atoms with Crippen LogP contribution in [0.2, 0.25) is 0 Å². The van der Waals surface area contributed by atoms with Crippen LogP contribution in [0.25, 0.3) is 11.0 Å². The summed E-state index contributed by atoms with van der Waals surface area (Å²) in [6.45, 7) is 0.521. The van der Waals surface area contributed by atoms with Crippen LogP contribution in [0.4, 0.5) is 4.79 Å². The van der Waals surface area contributed by atoms with Crippen LogP contribution in [0.1, 0.15) is 23.0 Å². The molecule has 7 heteroatoms. The van der Waals surface area contributed by atoms with Crippen molar-refractivity contribution in [2.24, 2.45) is 0 Å². The molecule has 0 aliphatic carbocycles. The summed E-state index contributed by atoms with van der Waals surface area (Å²) in [5.74, 6) is 1.52. The van der Waals surface area contributed by atoms with E-state index in [0.717, 1.165) is 40.2 Å². The first-order chi connectivity index (χ1) is 15.2. The lowest BCUT2D eigenvalue weighted by Crippen LogP contribution is -2.40. The number of amides is 2. The summed E-state index contributed by atoms with van der Waals surface area (Å²) in [6.07, 6.45) is 4.86. The molecular weight excluding hydrogens is 390 g/mol. The summed E-state index contributed by atoms with van der Waals surface area (Å²) >= 11 is 0. The molecule has 0 fully saturated rings. The number of imidazole rings is 1. The minimum atomic E-state index is -0.306. The second-order valence-electron chi connectivity index (χ2n) is 7.26. The van der Waals surface area contributed by atoms with Crippen molar-refractivity contribution >= 4 is 17.1 Å². The molecule has 7 nitrogen and oxygen atoms in total. The maximum Gasteiger partial charge on any atom is 0.315 e. The van der Waals surface area contributed by atoms with Crippen molar-refractivity contribution in [2.75, 3.05) is 13.7 Å². The molecule has 0 aliphatic heterocycles. The van der Waals surface area contributed by atoms with Crippen molar-refractivity contribution in [1.29, 1.82) is 0 Å². The highest BCUT2D eigenvalue weighted by molar-refractivity contribution is 5.76. The second kappa shape index (κ2) is 9.75. The Kier molecular flexibility index (Phi) is 6.42. The van der Waals surface area contributed by atoms with E-state index >= 15 is 0 Å². The number of urea groups is 1. The highest BCUT2D eigenvalue weighted by Gasteiger charge is 2.19. The largest absolute Gasteiger partial charge is 0.497 e. The lowest BCUT2D eigenvalue weighted by Gasteiger charge is -2.18. The fraction of sp³-hybridized carbons (Fsp3) is 0.208. The fourth-order valence-corrected chi connectivity index (χ4v) is 3.43. The normalized spacial score (nSPS) is 11.8. The van der Waals surface area contributed by atoms with Gasteiger partial charge in [-0.3, -0.25) is 4.98 Å². The molecule has 1 atom stereocenters. The van der Waals surface area contributed by atoms with Gasteiger partial charge in [0.15, 0.2) is 0 Å². The van der Waals surface area contributed by atoms with Crippen LogP contribution in [0, 0.1) is 0 Å². The van der Waals surface area contributed by atoms with Gasteiger partial charge >= 0.3 is 6.03 Å². The summed E-state index contributed by atoms with van der Waals surface area (Å²) < 4.78 is 5.24. The number of rotatable bonds is 8. The van der Waals surface area contributed by atoms with Crippen LogP contribution in [0.15, 0.2) is 73.1 Å². The number of H-pyrrole nitrogens is 1. The predicted molar refractivity (Wildman–Crippen MR) is 120 cm³/mol. The van der Waals surface area contributed by atoms with E-state index in [-0.39, 0.29) is 12.1 Å². The molecule has 2 heterocycles. The molecule has 4 rings (SSSR count). The van der Waals surface area contributed by atoms with Crippen molar-refractivity contribution in [3.8, 4) is 5.75 Å². The van der Waals surface area contributed by atoms with Gasteiger partial charge in [-0.1, -0.05) is 30.3 Å². The summed E-state index contributed by atoms with van der Waals surface area (Å²) in [5.41, 5.74) is 3.96. The Balaban J connectivity index is 1.46. The number of hydrogen-bond acceptors (Lipinski definition) is 4. The molecule has 0 unspecified atom stereocenters. The van der Waals surface area contributed by atoms with Gasteiger partial charge in [0.2, 0.25) is 0 Å². The molecule has 2 aromatic heterocycles. The van der Waals surface area contributed by atoms with E-state index in [1.54, 1.807) is 19.5 Å². The molecule has 0 aliphatic rings. The molecule has 31 heavy (non-hydrogen) atoms. The van der Waals surface area contributed by atoms with Gasteiger partial charge in [0.05, 0.1) is 24.2 Å². The van der Waals surface area contributed by atoms with Crippen LogP contribution in [0.5, 0.6) is 5.75 Å². The van der Waals surface area contributed by atoms with E-state index in [0.29, 0.717) is 13.0 Å². The number of benzene rings is 2. The summed E-state index contributed by atoms with van der Waals surface area (Å²) in [4.78, 5) is 24.8. The van der Waals surface area contributed by atoms with Crippen molar-refractivity contribution in [1.82, 2.24) is 25.6 Å². The maximum atomic E-state index is 12.6. The van der Waals surface area contributed by atoms with E-state index in [1.807, 2.05) is 60.7 Å². The third-order valence-corrected chi connectivity index (χ3v) is 5.06. The number of hydrogen-bond donors (Lipinski definition) is 3. The Morgan fingerprint density at radius 1 is 1.06 bits per heavy atom. The van der Waals surface area contributed by atoms with E-state index in [2.05, 4.69) is 20.6 Å². The number of para-hydroxylation sites is 2. The fourth-order valence-electron chi connectivity index (χ4n) is 3.43. The SMILES string of the molecule is COc1ccc(C[C@@H](NC(=O)NCCc2cccnc2)c2nc3ccccc3[nH]2)cc1. The Bertz CT molecular complexity index is 1090. The zero-order chi connectivity index (χ0) is 21.5. The quantitative estimate of drug-likeness (QED) is 0.408. The number of methoxy groups -OCH3 is 1. The number of nitrogens with one attached hydrogen (secondary N) is 3. The minimum Gasteiger partial charge on any atom is -0.497 e. The van der Waals surface area contributed by atoms with E-state index in [1.165, 1.54) is 0 Å². The van der Waals surface area contributed by atoms with Crippen molar-refractivity contribution < 1.29 is 9.53 Å². The van der Waals surface area contributed by atoms with Gasteiger partial charge in [-0.2, -0.15) is 0 Å². The third-order valence-electron chi connectivity index (χ3n) is 5.06. The van der Waals surface area contributed by atoms with Gasteiger partial charge in [-0.25, -0.2) is 9.78 Å². The van der Waals surface area contributed by atoms with Gasteiger partial charge in [0, 0.05) is 18.9 Å². The number of pyridine rings is 1. The highest BCUT2D eigenvalue weighted by Crippen LogP contribution is 2.21. The first kappa shape index (κ1) is 20.4. The number of aromatic amines is 1. The molecule has 4 aromatic rings. The van der Waals surface area contributed by atoms with Crippen molar-refractivity contribution in [3.63, 3.8) is 0 Å². The van der Waals surface area contributed by atoms with Gasteiger partial charge in [-0.15, -0.1) is 0 Å². The number of ether oxygens (including phenoxy) is 1. The van der Waals surface area contributed by atoms with Gasteiger partial charge < -0.3 is 20.4 Å². The monoisotopic (exact) mass is 415 g/mol. The molecule has 0 saturated carbocycles. The molecular formula is C24H25N5O2. The summed E-state index contributed by atoms with van der Waals surface area (Å²) in [7, 11) is 1.64. The maximum absolute atomic E-state index is 12.6. The van der Waals surface area contributed by atoms with Crippen LogP contribution in [-0.4, -0.2) is 34.6 Å². The zero-order valence-electron chi connectivity index (χ0n) is 17.3. The van der Waals surface area contributed by atoms with Crippen LogP contribution >= 0.6 is 0 Å². The first-order valence-corrected chi connectivity index (χ1v) is 10.2. The molecule has 0 saturated heterocycles. The van der Waals surface area contributed by atoms with Crippen molar-refractivity contribution in [3.05, 3.63) is 90.0 Å². The average molecular weight is 415 g/mol. The Morgan fingerprint density at radius 3 is 2.65 bits per heavy atom. The van der Waals surface area contributed by atoms with Gasteiger partial charge in [0.1, 0.15) is 11.6 Å². The van der Waals surface area contributed by atoms with Gasteiger partial charge in [-0.05, 0) is 54.3 Å². The number of nitrogens with zero attached hydrogens (tertiary/aromatic N) is 2. The molecule has 2 aromatic carbocycles. The van der Waals surface area contributed by atoms with Gasteiger partial charge in [0.25, 0.3) is 0 Å². The molecule has 0 spiro atoms. The number of fused-ring (bicyclic) bond motifs is 1. The van der Waals surface area contributed by atoms with E-state index in [9.17, 15) is 4.79 Å². The number of aromatic nitrogens is 3. The Labute approximate surface area is 180 Å². The molecule has 2 amide bonds. The average Bonchev–Trinajstić information content (AvgIpc) is 3.24. The Morgan fingerprint density at radius 2 is 1.90 bits per heavy atom. The summed E-state index contributed by atoms with van der Waals surface area (Å²) in [6, 6.07) is 19.0. The predicted octanol–water partition coefficient (Wildman–Crippen LogP) is 3.79. The molecule has 3 N–H and O–H groups in total. The third kappa shape index (κ3) is 5.39. The van der Waals surface area contributed by atoms with Crippen LogP contribution in [0.3, 0.4) is 0 Å². The van der Waals surface area contributed by atoms with E-state index in [4.69, 9.17) is 9.72 Å². The number of carbonyl (C=O) groups excluding carboxylic acids is 1. The minimum absolute atomic E-state index is 0.233. The summed E-state index contributed by atoms with van der Waals surface area (Å²) in [5, 5.41) is 6.00. The van der Waals surface area contributed by atoms with Crippen molar-refractivity contribution in [2.45, 2.75) is 18.9 Å². The standard InChI is InChI=1S/C24H25N5O2/c1-31-19-10-8-17(9-11-19)15-22(23-27-20-6-2-3-7-21(20)28-23)29-24(30)26-14-12-18-5-4-13-25-16-18/h2-11,13,16,22H,12,14-15H2,1H3,(H,27,28)(H2,26,29,30)/t22-/m1/s1. The lowest BCUT2D eigenvalue weighted by atomic mass is 10.1. The Hall–Kier alpha value is -3.87. The molecule has 0 radical (unpaired) electrons. The highest BCUT2D eigenvalue weighted by atomic mass is 16.5. The topological polar surface area (TPSA) is 91.9 Å². The lowest BCUT2D eigenvalue weighted by molar-refractivity contribution is 0.236. The molecule has 0 bridgehead atoms. The molecule has 158 valence electrons. The smallest absolute Gasteiger partial charge is 0.315 e. The van der Waals surface area contributed by atoms with Crippen LogP contribution < -0.4 is 15.4 Å². The second-order valence-corrected chi connectivity index (χ2v) is 7.26.